The van der Waals surface area contributed by atoms with E-state index in [9.17, 15) is 0 Å². The lowest BCUT2D eigenvalue weighted by atomic mass is 9.83. The number of hydrogen-bond donors (Lipinski definition) is 0. The smallest absolute Gasteiger partial charge is 0.0766 e. The minimum atomic E-state index is -0.504. The third-order valence-electron chi connectivity index (χ3n) is 2.79. The highest BCUT2D eigenvalue weighted by Gasteiger charge is 2.21. The van der Waals surface area contributed by atoms with Crippen molar-refractivity contribution in [1.82, 2.24) is 0 Å². The zero-order chi connectivity index (χ0) is 12.3. The molecular weight excluding hydrogens is 196 g/mol. The summed E-state index contributed by atoms with van der Waals surface area (Å²) in [5.41, 5.74) is 2.56. The molecule has 0 saturated carbocycles. The summed E-state index contributed by atoms with van der Waals surface area (Å²) in [5, 5.41) is 18.0. The number of hydrogen-bond acceptors (Lipinski definition) is 2. The second kappa shape index (κ2) is 4.37. The zero-order valence-corrected chi connectivity index (χ0v) is 10.2. The van der Waals surface area contributed by atoms with Gasteiger partial charge in [-0.2, -0.15) is 10.5 Å². The molecule has 1 atom stereocenters. The minimum absolute atomic E-state index is 0.131. The number of rotatable bonds is 2. The van der Waals surface area contributed by atoms with Crippen LogP contribution in [0.2, 0.25) is 0 Å². The molecule has 2 heteroatoms. The summed E-state index contributed by atoms with van der Waals surface area (Å²) in [6, 6.07) is 10.5. The van der Waals surface area contributed by atoms with Gasteiger partial charge in [0, 0.05) is 0 Å². The first-order valence-electron chi connectivity index (χ1n) is 5.33. The molecule has 0 fully saturated rings. The van der Waals surface area contributed by atoms with Gasteiger partial charge in [-0.15, -0.1) is 0 Å². The molecule has 16 heavy (non-hydrogen) atoms. The molecule has 0 aliphatic carbocycles. The van der Waals surface area contributed by atoms with Crippen molar-refractivity contribution in [1.29, 1.82) is 10.5 Å². The summed E-state index contributed by atoms with van der Waals surface area (Å²) >= 11 is 0. The molecule has 2 nitrogen and oxygen atoms in total. The molecular formula is C14H16N2. The van der Waals surface area contributed by atoms with E-state index in [1.807, 2.05) is 45.9 Å². The summed E-state index contributed by atoms with van der Waals surface area (Å²) in [7, 11) is 0. The SMILES string of the molecule is Cc1cc(C(C)C#N)cc(C(C)(C)C#N)c1. The molecule has 0 aliphatic heterocycles. The Kier molecular flexibility index (Phi) is 3.35. The first-order valence-corrected chi connectivity index (χ1v) is 5.33. The molecule has 0 amide bonds. The van der Waals surface area contributed by atoms with E-state index in [1.165, 1.54) is 0 Å². The minimum Gasteiger partial charge on any atom is -0.198 e. The van der Waals surface area contributed by atoms with Crippen LogP contribution in [0.25, 0.3) is 0 Å². The highest BCUT2D eigenvalue weighted by Crippen LogP contribution is 2.27. The second-order valence-electron chi connectivity index (χ2n) is 4.72. The summed E-state index contributed by atoms with van der Waals surface area (Å²) in [5.74, 6) is -0.131. The molecule has 0 radical (unpaired) electrons. The highest BCUT2D eigenvalue weighted by atomic mass is 14.3. The Bertz CT molecular complexity index is 472. The van der Waals surface area contributed by atoms with Gasteiger partial charge in [0.25, 0.3) is 0 Å². The van der Waals surface area contributed by atoms with Gasteiger partial charge in [-0.05, 0) is 38.8 Å². The van der Waals surface area contributed by atoms with E-state index in [2.05, 4.69) is 12.1 Å². The monoisotopic (exact) mass is 212 g/mol. The standard InChI is InChI=1S/C14H16N2/c1-10-5-12(11(2)8-15)7-13(6-10)14(3,4)9-16/h5-7,11H,1-4H3. The lowest BCUT2D eigenvalue weighted by Gasteiger charge is -2.18. The van der Waals surface area contributed by atoms with Crippen LogP contribution in [-0.4, -0.2) is 0 Å². The average Bonchev–Trinajstić information content (AvgIpc) is 2.27. The van der Waals surface area contributed by atoms with Crippen LogP contribution in [-0.2, 0) is 5.41 Å². The molecule has 1 unspecified atom stereocenters. The van der Waals surface area contributed by atoms with Crippen LogP contribution in [0.15, 0.2) is 18.2 Å². The maximum absolute atomic E-state index is 9.11. The van der Waals surface area contributed by atoms with Gasteiger partial charge in [-0.3, -0.25) is 0 Å². The van der Waals surface area contributed by atoms with E-state index in [0.717, 1.165) is 16.7 Å². The fraction of sp³-hybridized carbons (Fsp3) is 0.429. The van der Waals surface area contributed by atoms with Crippen LogP contribution in [0.4, 0.5) is 0 Å². The maximum atomic E-state index is 9.11. The molecule has 0 bridgehead atoms. The van der Waals surface area contributed by atoms with Crippen LogP contribution in [0.5, 0.6) is 0 Å². The van der Waals surface area contributed by atoms with Crippen molar-refractivity contribution in [2.24, 2.45) is 0 Å². The highest BCUT2D eigenvalue weighted by molar-refractivity contribution is 5.39. The first kappa shape index (κ1) is 12.3. The van der Waals surface area contributed by atoms with Gasteiger partial charge in [0.15, 0.2) is 0 Å². The van der Waals surface area contributed by atoms with Crippen molar-refractivity contribution in [3.8, 4) is 12.1 Å². The van der Waals surface area contributed by atoms with E-state index < -0.39 is 5.41 Å². The van der Waals surface area contributed by atoms with Crippen molar-refractivity contribution < 1.29 is 0 Å². The molecule has 82 valence electrons. The van der Waals surface area contributed by atoms with E-state index >= 15 is 0 Å². The van der Waals surface area contributed by atoms with Crippen molar-refractivity contribution in [3.05, 3.63) is 34.9 Å². The molecule has 0 saturated heterocycles. The van der Waals surface area contributed by atoms with Crippen molar-refractivity contribution >= 4 is 0 Å². The van der Waals surface area contributed by atoms with Crippen LogP contribution in [0.1, 0.15) is 43.4 Å². The third kappa shape index (κ3) is 2.41. The maximum Gasteiger partial charge on any atom is 0.0766 e. The van der Waals surface area contributed by atoms with Crippen LogP contribution < -0.4 is 0 Å². The van der Waals surface area contributed by atoms with Crippen LogP contribution in [0, 0.1) is 29.6 Å². The Morgan fingerprint density at radius 3 is 2.31 bits per heavy atom. The molecule has 1 rings (SSSR count). The molecule has 0 heterocycles. The number of benzene rings is 1. The lowest BCUT2D eigenvalue weighted by Crippen LogP contribution is -2.14. The van der Waals surface area contributed by atoms with Crippen molar-refractivity contribution in [2.45, 2.75) is 39.0 Å². The predicted octanol–water partition coefficient (Wildman–Crippen LogP) is 3.42. The topological polar surface area (TPSA) is 47.6 Å². The van der Waals surface area contributed by atoms with E-state index in [4.69, 9.17) is 10.5 Å². The molecule has 0 N–H and O–H groups in total. The Balaban J connectivity index is 3.31. The summed E-state index contributed by atoms with van der Waals surface area (Å²) in [6.45, 7) is 7.65. The zero-order valence-electron chi connectivity index (χ0n) is 10.2. The fourth-order valence-corrected chi connectivity index (χ4v) is 1.56. The van der Waals surface area contributed by atoms with E-state index in [-0.39, 0.29) is 5.92 Å². The third-order valence-corrected chi connectivity index (χ3v) is 2.79. The van der Waals surface area contributed by atoms with Crippen LogP contribution in [0.3, 0.4) is 0 Å². The van der Waals surface area contributed by atoms with Crippen molar-refractivity contribution in [3.63, 3.8) is 0 Å². The molecule has 0 spiro atoms. The van der Waals surface area contributed by atoms with E-state index in [0.29, 0.717) is 0 Å². The van der Waals surface area contributed by atoms with Gasteiger partial charge in [-0.25, -0.2) is 0 Å². The predicted molar refractivity (Wildman–Crippen MR) is 63.8 cm³/mol. The number of nitrogens with zero attached hydrogens (tertiary/aromatic N) is 2. The first-order chi connectivity index (χ1) is 7.40. The Morgan fingerprint density at radius 2 is 1.81 bits per heavy atom. The Hall–Kier alpha value is -1.80. The van der Waals surface area contributed by atoms with Gasteiger partial charge < -0.3 is 0 Å². The second-order valence-corrected chi connectivity index (χ2v) is 4.72. The van der Waals surface area contributed by atoms with Gasteiger partial charge in [0.1, 0.15) is 0 Å². The van der Waals surface area contributed by atoms with Crippen LogP contribution >= 0.6 is 0 Å². The fourth-order valence-electron chi connectivity index (χ4n) is 1.56. The summed E-state index contributed by atoms with van der Waals surface area (Å²) < 4.78 is 0. The summed E-state index contributed by atoms with van der Waals surface area (Å²) in [6.07, 6.45) is 0. The average molecular weight is 212 g/mol. The number of aryl methyl sites for hydroxylation is 1. The van der Waals surface area contributed by atoms with Gasteiger partial charge in [0.05, 0.1) is 23.5 Å². The van der Waals surface area contributed by atoms with E-state index in [1.54, 1.807) is 0 Å². The van der Waals surface area contributed by atoms with Crippen molar-refractivity contribution in [2.75, 3.05) is 0 Å². The van der Waals surface area contributed by atoms with Gasteiger partial charge in [0.2, 0.25) is 0 Å². The Morgan fingerprint density at radius 1 is 1.19 bits per heavy atom. The summed E-state index contributed by atoms with van der Waals surface area (Å²) in [4.78, 5) is 0. The van der Waals surface area contributed by atoms with Gasteiger partial charge >= 0.3 is 0 Å². The molecule has 0 aromatic heterocycles. The Labute approximate surface area is 97.1 Å². The number of nitriles is 2. The van der Waals surface area contributed by atoms with Gasteiger partial charge in [-0.1, -0.05) is 23.8 Å². The molecule has 0 aliphatic rings. The largest absolute Gasteiger partial charge is 0.198 e. The lowest BCUT2D eigenvalue weighted by molar-refractivity contribution is 0.684. The normalized spacial score (nSPS) is 12.6. The molecule has 1 aromatic carbocycles. The molecule has 1 aromatic rings. The quantitative estimate of drug-likeness (QED) is 0.754.